The van der Waals surface area contributed by atoms with Gasteiger partial charge in [0.05, 0.1) is 17.0 Å². The lowest BCUT2D eigenvalue weighted by molar-refractivity contribution is -0.384. The van der Waals surface area contributed by atoms with Gasteiger partial charge < -0.3 is 5.32 Å². The molecule has 1 N–H and O–H groups in total. The summed E-state index contributed by atoms with van der Waals surface area (Å²) >= 11 is 5.65. The molecule has 2 rings (SSSR count). The quantitative estimate of drug-likeness (QED) is 0.494. The van der Waals surface area contributed by atoms with E-state index in [2.05, 4.69) is 17.2 Å². The van der Waals surface area contributed by atoms with Crippen LogP contribution in [0.4, 0.5) is 18.9 Å². The maximum absolute atomic E-state index is 12.8. The SMILES string of the molecule is O=C(NCC#Cc1ccccc1C(F)(F)F)c1ccc(Cl)c([N+](=O)[O-])c1. The standard InChI is InChI=1S/C17H10ClF3N2O3/c18-14-8-7-12(10-15(14)23(25)26)16(24)22-9-3-5-11-4-1-2-6-13(11)17(19,20)21/h1-2,4,6-8,10H,9H2,(H,22,24). The molecule has 0 radical (unpaired) electrons. The molecular formula is C17H10ClF3N2O3. The molecular weight excluding hydrogens is 373 g/mol. The highest BCUT2D eigenvalue weighted by molar-refractivity contribution is 6.32. The lowest BCUT2D eigenvalue weighted by Gasteiger charge is -2.08. The van der Waals surface area contributed by atoms with E-state index in [-0.39, 0.29) is 22.7 Å². The molecule has 2 aromatic carbocycles. The lowest BCUT2D eigenvalue weighted by Crippen LogP contribution is -2.23. The van der Waals surface area contributed by atoms with Crippen molar-refractivity contribution in [2.45, 2.75) is 6.18 Å². The Morgan fingerprint density at radius 2 is 1.92 bits per heavy atom. The summed E-state index contributed by atoms with van der Waals surface area (Å²) in [6.07, 6.45) is -4.53. The third kappa shape index (κ3) is 4.74. The van der Waals surface area contributed by atoms with Crippen LogP contribution >= 0.6 is 11.6 Å². The number of benzene rings is 2. The van der Waals surface area contributed by atoms with Crippen molar-refractivity contribution in [3.05, 3.63) is 74.3 Å². The Bertz CT molecular complexity index is 917. The van der Waals surface area contributed by atoms with Crippen molar-refractivity contribution in [2.24, 2.45) is 0 Å². The van der Waals surface area contributed by atoms with Crippen molar-refractivity contribution in [3.8, 4) is 11.8 Å². The Hall–Kier alpha value is -3.05. The van der Waals surface area contributed by atoms with Crippen molar-refractivity contribution in [3.63, 3.8) is 0 Å². The van der Waals surface area contributed by atoms with Crippen LogP contribution < -0.4 is 5.32 Å². The van der Waals surface area contributed by atoms with Gasteiger partial charge in [-0.1, -0.05) is 35.6 Å². The number of halogens is 4. The van der Waals surface area contributed by atoms with Crippen molar-refractivity contribution >= 4 is 23.2 Å². The van der Waals surface area contributed by atoms with E-state index in [1.165, 1.54) is 30.3 Å². The first-order valence-corrected chi connectivity index (χ1v) is 7.45. The van der Waals surface area contributed by atoms with Gasteiger partial charge in [-0.25, -0.2) is 0 Å². The third-order valence-corrected chi connectivity index (χ3v) is 3.52. The van der Waals surface area contributed by atoms with Gasteiger partial charge in [0.25, 0.3) is 11.6 Å². The molecule has 0 aliphatic carbocycles. The van der Waals surface area contributed by atoms with Gasteiger partial charge in [0, 0.05) is 17.2 Å². The van der Waals surface area contributed by atoms with E-state index >= 15 is 0 Å². The smallest absolute Gasteiger partial charge is 0.341 e. The second-order valence-corrected chi connectivity index (χ2v) is 5.36. The molecule has 5 nitrogen and oxygen atoms in total. The van der Waals surface area contributed by atoms with Crippen LogP contribution in [-0.4, -0.2) is 17.4 Å². The van der Waals surface area contributed by atoms with Gasteiger partial charge in [0.2, 0.25) is 0 Å². The predicted octanol–water partition coefficient (Wildman–Crippen LogP) is 4.05. The molecule has 0 aliphatic heterocycles. The van der Waals surface area contributed by atoms with Crippen LogP contribution in [0, 0.1) is 22.0 Å². The molecule has 0 aliphatic rings. The van der Waals surface area contributed by atoms with E-state index in [4.69, 9.17) is 11.6 Å². The average Bonchev–Trinajstić information content (AvgIpc) is 2.58. The fourth-order valence-corrected chi connectivity index (χ4v) is 2.19. The van der Waals surface area contributed by atoms with Crippen molar-refractivity contribution < 1.29 is 22.9 Å². The molecule has 0 bridgehead atoms. The van der Waals surface area contributed by atoms with Crippen LogP contribution in [0.1, 0.15) is 21.5 Å². The molecule has 0 fully saturated rings. The first-order chi connectivity index (χ1) is 12.2. The number of hydrogen-bond donors (Lipinski definition) is 1. The van der Waals surface area contributed by atoms with Gasteiger partial charge in [-0.3, -0.25) is 14.9 Å². The fraction of sp³-hybridized carbons (Fsp3) is 0.118. The minimum Gasteiger partial charge on any atom is -0.341 e. The number of nitrogens with one attached hydrogen (secondary N) is 1. The number of nitrogens with zero attached hydrogens (tertiary/aromatic N) is 1. The zero-order valence-corrected chi connectivity index (χ0v) is 13.7. The highest BCUT2D eigenvalue weighted by Crippen LogP contribution is 2.31. The van der Waals surface area contributed by atoms with Gasteiger partial charge in [0.1, 0.15) is 5.02 Å². The number of alkyl halides is 3. The normalized spacial score (nSPS) is 10.6. The molecule has 134 valence electrons. The summed E-state index contributed by atoms with van der Waals surface area (Å²) in [5.41, 5.74) is -1.52. The molecule has 9 heteroatoms. The van der Waals surface area contributed by atoms with Gasteiger partial charge in [0.15, 0.2) is 0 Å². The van der Waals surface area contributed by atoms with Crippen LogP contribution in [0.25, 0.3) is 0 Å². The topological polar surface area (TPSA) is 72.2 Å². The van der Waals surface area contributed by atoms with Crippen LogP contribution in [-0.2, 0) is 6.18 Å². The number of nitro benzene ring substituents is 1. The van der Waals surface area contributed by atoms with Crippen LogP contribution in [0.15, 0.2) is 42.5 Å². The molecule has 1 amide bonds. The van der Waals surface area contributed by atoms with Crippen molar-refractivity contribution in [1.29, 1.82) is 0 Å². The second-order valence-electron chi connectivity index (χ2n) is 4.95. The Morgan fingerprint density at radius 3 is 2.58 bits per heavy atom. The number of carbonyl (C=O) groups is 1. The maximum atomic E-state index is 12.8. The highest BCUT2D eigenvalue weighted by atomic mass is 35.5. The number of carbonyl (C=O) groups excluding carboxylic acids is 1. The number of nitro groups is 1. The summed E-state index contributed by atoms with van der Waals surface area (Å²) in [4.78, 5) is 22.0. The molecule has 0 saturated heterocycles. The molecule has 0 saturated carbocycles. The highest BCUT2D eigenvalue weighted by Gasteiger charge is 2.32. The minimum absolute atomic E-state index is 0.0152. The van der Waals surface area contributed by atoms with E-state index in [1.54, 1.807) is 0 Å². The third-order valence-electron chi connectivity index (χ3n) is 3.20. The summed E-state index contributed by atoms with van der Waals surface area (Å²) in [6.45, 7) is -0.235. The second kappa shape index (κ2) is 7.89. The first-order valence-electron chi connectivity index (χ1n) is 7.07. The van der Waals surface area contributed by atoms with Gasteiger partial charge in [-0.2, -0.15) is 13.2 Å². The number of hydrogen-bond acceptors (Lipinski definition) is 3. The summed E-state index contributed by atoms with van der Waals surface area (Å²) in [6, 6.07) is 8.31. The lowest BCUT2D eigenvalue weighted by atomic mass is 10.1. The molecule has 0 atom stereocenters. The zero-order valence-electron chi connectivity index (χ0n) is 12.9. The summed E-state index contributed by atoms with van der Waals surface area (Å²) in [7, 11) is 0. The van der Waals surface area contributed by atoms with E-state index in [0.717, 1.165) is 12.1 Å². The monoisotopic (exact) mass is 382 g/mol. The summed E-state index contributed by atoms with van der Waals surface area (Å²) in [5, 5.41) is 13.0. The number of rotatable bonds is 3. The Balaban J connectivity index is 2.08. The summed E-state index contributed by atoms with van der Waals surface area (Å²) in [5.74, 6) is 4.11. The maximum Gasteiger partial charge on any atom is 0.417 e. The first kappa shape index (κ1) is 19.3. The Morgan fingerprint density at radius 1 is 1.23 bits per heavy atom. The summed E-state index contributed by atoms with van der Waals surface area (Å²) < 4.78 is 38.5. The molecule has 0 aromatic heterocycles. The fourth-order valence-electron chi connectivity index (χ4n) is 2.00. The van der Waals surface area contributed by atoms with Crippen LogP contribution in [0.3, 0.4) is 0 Å². The Labute approximate surface area is 150 Å². The van der Waals surface area contributed by atoms with Gasteiger partial charge in [-0.05, 0) is 24.3 Å². The molecule has 26 heavy (non-hydrogen) atoms. The van der Waals surface area contributed by atoms with E-state index in [0.29, 0.717) is 0 Å². The van der Waals surface area contributed by atoms with Crippen molar-refractivity contribution in [2.75, 3.05) is 6.54 Å². The molecule has 2 aromatic rings. The molecule has 0 spiro atoms. The largest absolute Gasteiger partial charge is 0.417 e. The van der Waals surface area contributed by atoms with Crippen molar-refractivity contribution in [1.82, 2.24) is 5.32 Å². The molecule has 0 heterocycles. The predicted molar refractivity (Wildman–Crippen MR) is 88.8 cm³/mol. The van der Waals surface area contributed by atoms with E-state index < -0.39 is 28.3 Å². The van der Waals surface area contributed by atoms with Crippen LogP contribution in [0.2, 0.25) is 5.02 Å². The number of amides is 1. The molecule has 0 unspecified atom stereocenters. The average molecular weight is 383 g/mol. The Kier molecular flexibility index (Phi) is 5.85. The zero-order chi connectivity index (χ0) is 19.3. The van der Waals surface area contributed by atoms with Crippen LogP contribution in [0.5, 0.6) is 0 Å². The van der Waals surface area contributed by atoms with E-state index in [1.807, 2.05) is 0 Å². The van der Waals surface area contributed by atoms with Gasteiger partial charge in [-0.15, -0.1) is 0 Å². The minimum atomic E-state index is -4.53. The van der Waals surface area contributed by atoms with Gasteiger partial charge >= 0.3 is 6.18 Å². The van der Waals surface area contributed by atoms with E-state index in [9.17, 15) is 28.1 Å².